The van der Waals surface area contributed by atoms with Gasteiger partial charge in [-0.1, -0.05) is 25.5 Å². The van der Waals surface area contributed by atoms with Crippen molar-refractivity contribution in [3.05, 3.63) is 29.9 Å². The molecule has 0 spiro atoms. The highest BCUT2D eigenvalue weighted by Crippen LogP contribution is 2.68. The predicted molar refractivity (Wildman–Crippen MR) is 108 cm³/mol. The molecular formula is C25H30O3. The van der Waals surface area contributed by atoms with Crippen molar-refractivity contribution in [1.82, 2.24) is 0 Å². The van der Waals surface area contributed by atoms with Gasteiger partial charge in [0.1, 0.15) is 17.8 Å². The van der Waals surface area contributed by atoms with Gasteiger partial charge in [0.05, 0.1) is 0 Å². The van der Waals surface area contributed by atoms with E-state index in [0.717, 1.165) is 44.9 Å². The summed E-state index contributed by atoms with van der Waals surface area (Å²) in [5.41, 5.74) is 1.64. The zero-order chi connectivity index (χ0) is 19.9. The molecule has 0 saturated heterocycles. The molecule has 3 nitrogen and oxygen atoms in total. The highest BCUT2D eigenvalue weighted by Gasteiger charge is 2.60. The van der Waals surface area contributed by atoms with Gasteiger partial charge in [-0.2, -0.15) is 0 Å². The molecule has 0 heterocycles. The van der Waals surface area contributed by atoms with Crippen LogP contribution >= 0.6 is 0 Å². The van der Waals surface area contributed by atoms with Crippen LogP contribution in [0.5, 0.6) is 0 Å². The minimum absolute atomic E-state index is 0.0652. The van der Waals surface area contributed by atoms with E-state index in [4.69, 9.17) is 0 Å². The smallest absolute Gasteiger partial charge is 0.120 e. The third kappa shape index (κ3) is 2.77. The molecule has 3 saturated carbocycles. The van der Waals surface area contributed by atoms with E-state index in [9.17, 15) is 14.4 Å². The third-order valence-corrected chi connectivity index (χ3v) is 9.08. The molecule has 0 aromatic rings. The second kappa shape index (κ2) is 7.16. The van der Waals surface area contributed by atoms with Crippen molar-refractivity contribution in [3.8, 4) is 0 Å². The Hall–Kier alpha value is -1.91. The maximum atomic E-state index is 11.4. The molecule has 4 aliphatic carbocycles. The van der Waals surface area contributed by atoms with Gasteiger partial charge in [-0.05, 0) is 91.3 Å². The lowest BCUT2D eigenvalue weighted by atomic mass is 9.44. The second-order valence-electron chi connectivity index (χ2n) is 10.1. The molecule has 28 heavy (non-hydrogen) atoms. The van der Waals surface area contributed by atoms with Crippen LogP contribution in [-0.4, -0.2) is 17.8 Å². The number of hydrogen-bond donors (Lipinski definition) is 0. The van der Waals surface area contributed by atoms with Crippen LogP contribution in [0.3, 0.4) is 0 Å². The lowest BCUT2D eigenvalue weighted by Gasteiger charge is -2.60. The molecule has 0 aromatic carbocycles. The molecule has 0 radical (unpaired) electrons. The van der Waals surface area contributed by atoms with Gasteiger partial charge in [-0.25, -0.2) is 14.4 Å². The number of hydrogen-bond acceptors (Lipinski definition) is 3. The van der Waals surface area contributed by atoms with E-state index in [0.29, 0.717) is 23.7 Å². The largest absolute Gasteiger partial charge is 0.234 e. The normalized spacial score (nSPS) is 46.4. The molecule has 0 N–H and O–H groups in total. The molecular weight excluding hydrogens is 348 g/mol. The summed E-state index contributed by atoms with van der Waals surface area (Å²) in [6.45, 7) is 4.72. The van der Waals surface area contributed by atoms with Crippen molar-refractivity contribution in [1.29, 1.82) is 0 Å². The zero-order valence-electron chi connectivity index (χ0n) is 16.9. The standard InChI is InChI=1S/C25H30O3/c1-24-11-7-17(8-12-26)15-20(24)3-5-21-22-6-4-19(10-14-28)25(22,2)16-18(9-13-27)23(21)24/h3,8-10,17-19,21-23H,4-7,11,15-16H2,1-2H3/t17?,18?,19?,21-,22-,23+,24-,25+/m0/s1. The van der Waals surface area contributed by atoms with Crippen LogP contribution in [0, 0.1) is 46.3 Å². The Morgan fingerprint density at radius 3 is 2.46 bits per heavy atom. The van der Waals surface area contributed by atoms with E-state index in [2.05, 4.69) is 25.9 Å². The van der Waals surface area contributed by atoms with Crippen molar-refractivity contribution >= 4 is 17.8 Å². The number of allylic oxidation sites excluding steroid dienone is 5. The Morgan fingerprint density at radius 2 is 1.75 bits per heavy atom. The summed E-state index contributed by atoms with van der Waals surface area (Å²) < 4.78 is 0. The summed E-state index contributed by atoms with van der Waals surface area (Å²) in [6, 6.07) is 0. The highest BCUT2D eigenvalue weighted by molar-refractivity contribution is 5.48. The summed E-state index contributed by atoms with van der Waals surface area (Å²) in [4.78, 5) is 33.4. The molecule has 148 valence electrons. The van der Waals surface area contributed by atoms with Gasteiger partial charge >= 0.3 is 0 Å². The molecule has 0 aromatic heterocycles. The van der Waals surface area contributed by atoms with Gasteiger partial charge in [0.25, 0.3) is 0 Å². The molecule has 4 aliphatic rings. The Kier molecular flexibility index (Phi) is 4.96. The van der Waals surface area contributed by atoms with Gasteiger partial charge in [0.2, 0.25) is 0 Å². The third-order valence-electron chi connectivity index (χ3n) is 9.08. The van der Waals surface area contributed by atoms with Gasteiger partial charge in [0.15, 0.2) is 0 Å². The number of carbonyl (C=O) groups excluding carboxylic acids is 3. The van der Waals surface area contributed by atoms with E-state index >= 15 is 0 Å². The van der Waals surface area contributed by atoms with Crippen LogP contribution in [0.4, 0.5) is 0 Å². The van der Waals surface area contributed by atoms with Crippen LogP contribution in [-0.2, 0) is 14.4 Å². The Bertz CT molecular complexity index is 821. The van der Waals surface area contributed by atoms with Crippen molar-refractivity contribution in [2.45, 2.75) is 58.8 Å². The van der Waals surface area contributed by atoms with E-state index < -0.39 is 0 Å². The van der Waals surface area contributed by atoms with E-state index in [1.54, 1.807) is 18.2 Å². The predicted octanol–water partition coefficient (Wildman–Crippen LogP) is 4.57. The zero-order valence-corrected chi connectivity index (χ0v) is 16.9. The van der Waals surface area contributed by atoms with Crippen LogP contribution in [0.1, 0.15) is 58.8 Å². The van der Waals surface area contributed by atoms with Crippen molar-refractivity contribution < 1.29 is 14.4 Å². The molecule has 0 bridgehead atoms. The highest BCUT2D eigenvalue weighted by atomic mass is 16.1. The van der Waals surface area contributed by atoms with Gasteiger partial charge in [-0.3, -0.25) is 0 Å². The van der Waals surface area contributed by atoms with Gasteiger partial charge in [-0.15, -0.1) is 0 Å². The molecule has 0 aliphatic heterocycles. The first-order valence-electron chi connectivity index (χ1n) is 10.8. The van der Waals surface area contributed by atoms with Gasteiger partial charge < -0.3 is 0 Å². The van der Waals surface area contributed by atoms with Crippen LogP contribution in [0.2, 0.25) is 0 Å². The SMILES string of the molecule is C[C@]12CCC(C=C=O)CC1=CC[C@@H]1[C@H]2C(C=C=O)C[C@]2(C)C(C=C=O)CC[C@@H]12. The van der Waals surface area contributed by atoms with Crippen molar-refractivity contribution in [2.75, 3.05) is 0 Å². The topological polar surface area (TPSA) is 51.2 Å². The second-order valence-corrected chi connectivity index (χ2v) is 10.1. The molecule has 8 atom stereocenters. The summed E-state index contributed by atoms with van der Waals surface area (Å²) in [7, 11) is 0. The maximum Gasteiger partial charge on any atom is 0.120 e. The van der Waals surface area contributed by atoms with Crippen molar-refractivity contribution in [2.24, 2.45) is 46.3 Å². The monoisotopic (exact) mass is 378 g/mol. The molecule has 3 heteroatoms. The summed E-state index contributed by atoms with van der Waals surface area (Å²) in [5, 5.41) is 0. The summed E-state index contributed by atoms with van der Waals surface area (Å²) >= 11 is 0. The minimum Gasteiger partial charge on any atom is -0.234 e. The number of fused-ring (bicyclic) bond motifs is 5. The summed E-state index contributed by atoms with van der Waals surface area (Å²) in [6.07, 6.45) is 14.9. The fraction of sp³-hybridized carbons (Fsp3) is 0.680. The fourth-order valence-electron chi connectivity index (χ4n) is 7.84. The first kappa shape index (κ1) is 19.4. The number of rotatable bonds is 3. The minimum atomic E-state index is 0.0652. The first-order chi connectivity index (χ1) is 13.5. The van der Waals surface area contributed by atoms with Crippen molar-refractivity contribution in [3.63, 3.8) is 0 Å². The van der Waals surface area contributed by atoms with Crippen LogP contribution < -0.4 is 0 Å². The Labute approximate surface area is 167 Å². The molecule has 3 unspecified atom stereocenters. The van der Waals surface area contributed by atoms with Crippen LogP contribution in [0.25, 0.3) is 0 Å². The maximum absolute atomic E-state index is 11.4. The quantitative estimate of drug-likeness (QED) is 0.534. The van der Waals surface area contributed by atoms with E-state index in [1.807, 2.05) is 11.9 Å². The Balaban J connectivity index is 1.74. The average molecular weight is 379 g/mol. The van der Waals surface area contributed by atoms with Crippen LogP contribution in [0.15, 0.2) is 29.9 Å². The van der Waals surface area contributed by atoms with E-state index in [1.165, 1.54) is 5.57 Å². The van der Waals surface area contributed by atoms with Gasteiger partial charge in [0, 0.05) is 18.2 Å². The Morgan fingerprint density at radius 1 is 1.00 bits per heavy atom. The molecule has 3 fully saturated rings. The van der Waals surface area contributed by atoms with E-state index in [-0.39, 0.29) is 22.7 Å². The lowest BCUT2D eigenvalue weighted by Crippen LogP contribution is -2.53. The molecule has 4 rings (SSSR count). The fourth-order valence-corrected chi connectivity index (χ4v) is 7.84. The average Bonchev–Trinajstić information content (AvgIpc) is 2.99. The first-order valence-corrected chi connectivity index (χ1v) is 10.8. The molecule has 0 amide bonds. The summed E-state index contributed by atoms with van der Waals surface area (Å²) in [5.74, 6) is 8.51. The lowest BCUT2D eigenvalue weighted by molar-refractivity contribution is -0.0632.